The van der Waals surface area contributed by atoms with Gasteiger partial charge in [0, 0.05) is 43.8 Å². The van der Waals surface area contributed by atoms with Gasteiger partial charge in [-0.05, 0) is 75.9 Å². The zero-order valence-corrected chi connectivity index (χ0v) is 33.4. The molecule has 0 radical (unpaired) electrons. The maximum Gasteiger partial charge on any atom is 0.358 e. The molecule has 0 amide bonds. The summed E-state index contributed by atoms with van der Waals surface area (Å²) in [7, 11) is -1.17. The number of carbonyl (C=O) groups is 1. The van der Waals surface area contributed by atoms with Gasteiger partial charge in [-0.25, -0.2) is 14.2 Å². The van der Waals surface area contributed by atoms with Crippen molar-refractivity contribution in [3.05, 3.63) is 80.3 Å². The first-order chi connectivity index (χ1) is 25.6. The number of fused-ring (bicyclic) bond motifs is 2. The molecule has 15 heteroatoms. The molecule has 11 nitrogen and oxygen atoms in total. The van der Waals surface area contributed by atoms with E-state index in [1.54, 1.807) is 18.3 Å². The number of aromatic nitrogens is 4. The second-order valence-corrected chi connectivity index (χ2v) is 21.6. The van der Waals surface area contributed by atoms with Gasteiger partial charge in [-0.3, -0.25) is 0 Å². The number of rotatable bonds is 15. The first-order valence-electron chi connectivity index (χ1n) is 17.9. The van der Waals surface area contributed by atoms with Crippen LogP contribution in [-0.4, -0.2) is 66.8 Å². The van der Waals surface area contributed by atoms with E-state index < -0.39 is 19.9 Å². The molecule has 0 aliphatic carbocycles. The number of hydrogen-bond donors (Lipinski definition) is 0. The van der Waals surface area contributed by atoms with Crippen LogP contribution in [0.3, 0.4) is 0 Å². The van der Waals surface area contributed by atoms with E-state index >= 15 is 0 Å². The minimum atomic E-state index is -1.17. The van der Waals surface area contributed by atoms with E-state index in [9.17, 15) is 9.18 Å². The molecule has 278 valence electrons. The van der Waals surface area contributed by atoms with Crippen molar-refractivity contribution in [1.82, 2.24) is 19.7 Å². The smallest absolute Gasteiger partial charge is 0.358 e. The Hall–Kier alpha value is -4.49. The number of hydrogen-bond acceptors (Lipinski definition) is 12. The lowest BCUT2D eigenvalue weighted by Crippen LogP contribution is -2.27. The number of para-hydroxylation sites is 1. The van der Waals surface area contributed by atoms with Crippen LogP contribution in [0.5, 0.6) is 5.75 Å². The molecular weight excluding hydrogens is 730 g/mol. The molecule has 3 aromatic heterocycles. The number of benzene rings is 2. The largest absolute Gasteiger partial charge is 0.491 e. The summed E-state index contributed by atoms with van der Waals surface area (Å²) in [6.45, 7) is 14.0. The summed E-state index contributed by atoms with van der Waals surface area (Å²) in [6.07, 6.45) is 2.67. The fourth-order valence-corrected chi connectivity index (χ4v) is 8.93. The van der Waals surface area contributed by atoms with Gasteiger partial charge in [0.15, 0.2) is 38.8 Å². The zero-order valence-electron chi connectivity index (χ0n) is 30.8. The standard InChI is InChI=1S/C38H44FN7O4S2Si/c1-6-49-36(47)33-32(14-10-19-50-30-16-15-26(24-40)23-28(30)39)52-37(41-33)46-17-9-11-27-25(2)34(43-44-35(27)46)42-38-45(18-20-48-21-22-53(3,4)5)29-12-7-8-13-31(29)51-38/h7-8,12-13,15-16,23H,6,9-11,14,17-22H2,1-5H3/b42-38-. The molecule has 5 aromatic rings. The highest BCUT2D eigenvalue weighted by atomic mass is 32.1. The Morgan fingerprint density at radius 1 is 1.11 bits per heavy atom. The van der Waals surface area contributed by atoms with Crippen LogP contribution in [0.2, 0.25) is 25.7 Å². The van der Waals surface area contributed by atoms with E-state index in [1.165, 1.54) is 23.5 Å². The fourth-order valence-electron chi connectivity index (χ4n) is 6.00. The SMILES string of the molecule is CCOC(=O)c1nc(N2CCCc3c2nnc(/N=c2\sc4ccccc4n2CCOCC[Si](C)(C)C)c3C)sc1CCCOc1ccc(C#N)cc1F. The number of ether oxygens (including phenoxy) is 3. The second kappa shape index (κ2) is 17.1. The molecule has 4 heterocycles. The maximum absolute atomic E-state index is 14.3. The van der Waals surface area contributed by atoms with Gasteiger partial charge in [0.05, 0.1) is 41.7 Å². The Bertz CT molecular complexity index is 2210. The molecule has 6 rings (SSSR count). The highest BCUT2D eigenvalue weighted by Gasteiger charge is 2.29. The van der Waals surface area contributed by atoms with Gasteiger partial charge in [-0.2, -0.15) is 10.3 Å². The Kier molecular flexibility index (Phi) is 12.3. The van der Waals surface area contributed by atoms with Crippen LogP contribution in [0.1, 0.15) is 51.8 Å². The third kappa shape index (κ3) is 9.18. The average molecular weight is 774 g/mol. The van der Waals surface area contributed by atoms with Crippen molar-refractivity contribution >= 4 is 63.7 Å². The van der Waals surface area contributed by atoms with Gasteiger partial charge in [-0.15, -0.1) is 21.5 Å². The Labute approximate surface area is 317 Å². The van der Waals surface area contributed by atoms with Crippen molar-refractivity contribution in [2.24, 2.45) is 4.99 Å². The Morgan fingerprint density at radius 2 is 1.94 bits per heavy atom. The summed E-state index contributed by atoms with van der Waals surface area (Å²) >= 11 is 3.04. The molecular formula is C38H44FN7O4S2Si. The predicted octanol–water partition coefficient (Wildman–Crippen LogP) is 8.13. The number of nitriles is 1. The molecule has 0 atom stereocenters. The lowest BCUT2D eigenvalue weighted by molar-refractivity contribution is 0.0519. The van der Waals surface area contributed by atoms with Crippen LogP contribution in [0, 0.1) is 24.1 Å². The average Bonchev–Trinajstić information content (AvgIpc) is 3.72. The molecule has 0 saturated heterocycles. The van der Waals surface area contributed by atoms with E-state index in [4.69, 9.17) is 34.5 Å². The number of anilines is 2. The highest BCUT2D eigenvalue weighted by molar-refractivity contribution is 7.16. The quantitative estimate of drug-likeness (QED) is 0.0589. The third-order valence-corrected chi connectivity index (χ3v) is 12.8. The monoisotopic (exact) mass is 773 g/mol. The fraction of sp³-hybridized carbons (Fsp3) is 0.421. The van der Waals surface area contributed by atoms with E-state index in [-0.39, 0.29) is 30.2 Å². The van der Waals surface area contributed by atoms with Gasteiger partial charge in [-0.1, -0.05) is 43.1 Å². The molecule has 0 N–H and O–H groups in total. The minimum Gasteiger partial charge on any atom is -0.491 e. The summed E-state index contributed by atoms with van der Waals surface area (Å²) in [5, 5.41) is 19.0. The van der Waals surface area contributed by atoms with Crippen molar-refractivity contribution in [3.8, 4) is 11.8 Å². The molecule has 0 unspecified atom stereocenters. The Balaban J connectivity index is 1.23. The van der Waals surface area contributed by atoms with Gasteiger partial charge in [0.25, 0.3) is 0 Å². The maximum atomic E-state index is 14.3. The number of thiazole rings is 2. The van der Waals surface area contributed by atoms with Crippen LogP contribution in [0.4, 0.5) is 21.2 Å². The van der Waals surface area contributed by atoms with Crippen molar-refractivity contribution in [2.75, 3.05) is 37.9 Å². The van der Waals surface area contributed by atoms with Crippen LogP contribution in [-0.2, 0) is 28.9 Å². The van der Waals surface area contributed by atoms with Crippen LogP contribution in [0.25, 0.3) is 10.2 Å². The summed E-state index contributed by atoms with van der Waals surface area (Å²) in [4.78, 5) is 26.5. The molecule has 2 aromatic carbocycles. The predicted molar refractivity (Wildman–Crippen MR) is 209 cm³/mol. The summed E-state index contributed by atoms with van der Waals surface area (Å²) in [6, 6.07) is 15.5. The topological polar surface area (TPSA) is 128 Å². The molecule has 1 aliphatic heterocycles. The van der Waals surface area contributed by atoms with Crippen LogP contribution in [0.15, 0.2) is 47.5 Å². The first kappa shape index (κ1) is 38.2. The van der Waals surface area contributed by atoms with E-state index in [0.29, 0.717) is 49.3 Å². The Morgan fingerprint density at radius 3 is 2.72 bits per heavy atom. The minimum absolute atomic E-state index is 0.0774. The van der Waals surface area contributed by atoms with E-state index in [0.717, 1.165) is 62.6 Å². The van der Waals surface area contributed by atoms with Gasteiger partial charge in [0.2, 0.25) is 0 Å². The summed E-state index contributed by atoms with van der Waals surface area (Å²) in [5.41, 5.74) is 3.62. The van der Waals surface area contributed by atoms with Crippen molar-refractivity contribution < 1.29 is 23.4 Å². The molecule has 0 fully saturated rings. The third-order valence-electron chi connectivity index (χ3n) is 8.86. The van der Waals surface area contributed by atoms with Crippen molar-refractivity contribution in [1.29, 1.82) is 5.26 Å². The van der Waals surface area contributed by atoms with E-state index in [2.05, 4.69) is 41.4 Å². The first-order valence-corrected chi connectivity index (χ1v) is 23.2. The molecule has 1 aliphatic rings. The van der Waals surface area contributed by atoms with Crippen molar-refractivity contribution in [2.45, 2.75) is 71.8 Å². The molecule has 0 spiro atoms. The van der Waals surface area contributed by atoms with Crippen molar-refractivity contribution in [3.63, 3.8) is 0 Å². The van der Waals surface area contributed by atoms with Crippen LogP contribution >= 0.6 is 22.7 Å². The molecule has 0 bridgehead atoms. The molecule has 0 saturated carbocycles. The number of aryl methyl sites for hydroxylation is 1. The van der Waals surface area contributed by atoms with Gasteiger partial charge < -0.3 is 23.7 Å². The number of esters is 1. The zero-order chi connectivity index (χ0) is 37.5. The highest BCUT2D eigenvalue weighted by Crippen LogP contribution is 2.39. The van der Waals surface area contributed by atoms with Gasteiger partial charge in [0.1, 0.15) is 0 Å². The normalized spacial score (nSPS) is 13.3. The summed E-state index contributed by atoms with van der Waals surface area (Å²) < 4.78 is 34.7. The lowest BCUT2D eigenvalue weighted by atomic mass is 10.0. The molecule has 53 heavy (non-hydrogen) atoms. The summed E-state index contributed by atoms with van der Waals surface area (Å²) in [5.74, 6) is 0.289. The lowest BCUT2D eigenvalue weighted by Gasteiger charge is -2.28. The van der Waals surface area contributed by atoms with E-state index in [1.807, 2.05) is 30.0 Å². The number of carbonyl (C=O) groups excluding carboxylic acids is 1. The van der Waals surface area contributed by atoms with Crippen LogP contribution < -0.4 is 14.4 Å². The van der Waals surface area contributed by atoms with Gasteiger partial charge >= 0.3 is 5.97 Å². The second-order valence-electron chi connectivity index (χ2n) is 13.9. The number of nitrogens with zero attached hydrogens (tertiary/aromatic N) is 7. The number of halogens is 1.